The van der Waals surface area contributed by atoms with Crippen LogP contribution in [0, 0.1) is 20.8 Å². The zero-order chi connectivity index (χ0) is 16.8. The third-order valence-electron chi connectivity index (χ3n) is 4.11. The monoisotopic (exact) mass is 302 g/mol. The molecule has 0 unspecified atom stereocenters. The molecule has 23 heavy (non-hydrogen) atoms. The molecule has 0 heteroatoms. The van der Waals surface area contributed by atoms with Crippen molar-refractivity contribution < 1.29 is 0 Å². The Labute approximate surface area is 140 Å². The highest BCUT2D eigenvalue weighted by Crippen LogP contribution is 2.26. The minimum atomic E-state index is 1.27. The third-order valence-corrected chi connectivity index (χ3v) is 4.11. The summed E-state index contributed by atoms with van der Waals surface area (Å²) in [4.78, 5) is 0. The van der Waals surface area contributed by atoms with Crippen LogP contribution in [0.5, 0.6) is 0 Å². The fourth-order valence-corrected chi connectivity index (χ4v) is 2.52. The zero-order valence-corrected chi connectivity index (χ0v) is 14.9. The van der Waals surface area contributed by atoms with Gasteiger partial charge in [0.25, 0.3) is 0 Å². The van der Waals surface area contributed by atoms with Gasteiger partial charge >= 0.3 is 0 Å². The Morgan fingerprint density at radius 1 is 0.435 bits per heavy atom. The summed E-state index contributed by atoms with van der Waals surface area (Å²) in [6, 6.07) is 24.2. The predicted octanol–water partition coefficient (Wildman–Crippen LogP) is 6.97. The first-order valence-corrected chi connectivity index (χ1v) is 8.38. The molecule has 0 aliphatic rings. The van der Waals surface area contributed by atoms with E-state index in [9.17, 15) is 0 Å². The predicted molar refractivity (Wildman–Crippen MR) is 103 cm³/mol. The maximum absolute atomic E-state index is 2.26. The van der Waals surface area contributed by atoms with Gasteiger partial charge < -0.3 is 0 Å². The molecule has 0 radical (unpaired) electrons. The van der Waals surface area contributed by atoms with E-state index in [1.54, 1.807) is 0 Å². The van der Waals surface area contributed by atoms with Gasteiger partial charge in [0.1, 0.15) is 0 Å². The lowest BCUT2D eigenvalue weighted by Crippen LogP contribution is -1.84. The van der Waals surface area contributed by atoms with Crippen LogP contribution in [0.25, 0.3) is 22.3 Å². The standard InChI is InChI=1S/C21H20.C2H6/c1-15-4-7-18(8-5-15)19-10-12-20(13-11-19)21-9-6-16(2)17(3)14-21;1-2/h4-14H,1-3H3;1-2H3. The van der Waals surface area contributed by atoms with Gasteiger partial charge in [0.15, 0.2) is 0 Å². The quantitative estimate of drug-likeness (QED) is 0.479. The summed E-state index contributed by atoms with van der Waals surface area (Å²) in [6.07, 6.45) is 0. The van der Waals surface area contributed by atoms with Gasteiger partial charge in [-0.3, -0.25) is 0 Å². The molecule has 0 N–H and O–H groups in total. The second-order valence-electron chi connectivity index (χ2n) is 5.74. The van der Waals surface area contributed by atoms with E-state index < -0.39 is 0 Å². The number of hydrogen-bond acceptors (Lipinski definition) is 0. The van der Waals surface area contributed by atoms with Crippen molar-refractivity contribution in [3.8, 4) is 22.3 Å². The molecule has 0 bridgehead atoms. The van der Waals surface area contributed by atoms with Crippen molar-refractivity contribution in [3.05, 3.63) is 83.4 Å². The average molecular weight is 302 g/mol. The number of benzene rings is 3. The first kappa shape index (κ1) is 17.0. The van der Waals surface area contributed by atoms with E-state index in [4.69, 9.17) is 0 Å². The van der Waals surface area contributed by atoms with E-state index >= 15 is 0 Å². The Morgan fingerprint density at radius 3 is 1.30 bits per heavy atom. The zero-order valence-electron chi connectivity index (χ0n) is 14.9. The molecular formula is C23H26. The van der Waals surface area contributed by atoms with Crippen molar-refractivity contribution >= 4 is 0 Å². The molecule has 3 rings (SSSR count). The van der Waals surface area contributed by atoms with Crippen molar-refractivity contribution in [1.82, 2.24) is 0 Å². The molecule has 3 aromatic carbocycles. The fourth-order valence-electron chi connectivity index (χ4n) is 2.52. The number of hydrogen-bond donors (Lipinski definition) is 0. The summed E-state index contributed by atoms with van der Waals surface area (Å²) in [6.45, 7) is 10.4. The maximum Gasteiger partial charge on any atom is -0.0181 e. The van der Waals surface area contributed by atoms with Crippen LogP contribution in [0.15, 0.2) is 66.7 Å². The van der Waals surface area contributed by atoms with Gasteiger partial charge in [0.2, 0.25) is 0 Å². The van der Waals surface area contributed by atoms with Crippen LogP contribution in [-0.4, -0.2) is 0 Å². The molecule has 0 aromatic heterocycles. The van der Waals surface area contributed by atoms with Crippen LogP contribution in [0.4, 0.5) is 0 Å². The van der Waals surface area contributed by atoms with Gasteiger partial charge in [-0.2, -0.15) is 0 Å². The van der Waals surface area contributed by atoms with Gasteiger partial charge in [-0.1, -0.05) is 86.1 Å². The van der Waals surface area contributed by atoms with Crippen LogP contribution in [0.3, 0.4) is 0 Å². The molecule has 0 atom stereocenters. The minimum absolute atomic E-state index is 1.27. The van der Waals surface area contributed by atoms with E-state index in [0.29, 0.717) is 0 Å². The molecular weight excluding hydrogens is 276 g/mol. The average Bonchev–Trinajstić information content (AvgIpc) is 2.60. The summed E-state index contributed by atoms with van der Waals surface area (Å²) in [7, 11) is 0. The summed E-state index contributed by atoms with van der Waals surface area (Å²) < 4.78 is 0. The number of aryl methyl sites for hydroxylation is 3. The lowest BCUT2D eigenvalue weighted by molar-refractivity contribution is 1.34. The highest BCUT2D eigenvalue weighted by molar-refractivity contribution is 5.71. The highest BCUT2D eigenvalue weighted by Gasteiger charge is 2.02. The minimum Gasteiger partial charge on any atom is -0.0683 e. The third kappa shape index (κ3) is 4.10. The van der Waals surface area contributed by atoms with Gasteiger partial charge in [0, 0.05) is 0 Å². The lowest BCUT2D eigenvalue weighted by Gasteiger charge is -2.07. The van der Waals surface area contributed by atoms with Crippen LogP contribution in [0.1, 0.15) is 30.5 Å². The maximum atomic E-state index is 2.26. The fraction of sp³-hybridized carbons (Fsp3) is 0.217. The first-order valence-electron chi connectivity index (χ1n) is 8.38. The van der Waals surface area contributed by atoms with Crippen LogP contribution >= 0.6 is 0 Å². The van der Waals surface area contributed by atoms with Gasteiger partial charge in [-0.25, -0.2) is 0 Å². The molecule has 0 spiro atoms. The van der Waals surface area contributed by atoms with Gasteiger partial charge in [-0.15, -0.1) is 0 Å². The Morgan fingerprint density at radius 2 is 0.826 bits per heavy atom. The molecule has 0 saturated carbocycles. The normalized spacial score (nSPS) is 9.96. The summed E-state index contributed by atoms with van der Waals surface area (Å²) in [5, 5.41) is 0. The highest BCUT2D eigenvalue weighted by atomic mass is 14.1. The number of rotatable bonds is 2. The second kappa shape index (κ2) is 7.78. The SMILES string of the molecule is CC.Cc1ccc(-c2ccc(-c3ccc(C)c(C)c3)cc2)cc1. The van der Waals surface area contributed by atoms with Gasteiger partial charge in [0.05, 0.1) is 0 Å². The van der Waals surface area contributed by atoms with Crippen molar-refractivity contribution in [2.45, 2.75) is 34.6 Å². The molecule has 118 valence electrons. The van der Waals surface area contributed by atoms with Crippen molar-refractivity contribution in [1.29, 1.82) is 0 Å². The Bertz CT molecular complexity index is 747. The lowest BCUT2D eigenvalue weighted by atomic mass is 9.97. The summed E-state index contributed by atoms with van der Waals surface area (Å²) in [5.41, 5.74) is 9.08. The molecule has 0 nitrogen and oxygen atoms in total. The van der Waals surface area contributed by atoms with E-state index in [0.717, 1.165) is 0 Å². The van der Waals surface area contributed by atoms with E-state index in [1.165, 1.54) is 38.9 Å². The van der Waals surface area contributed by atoms with Crippen LogP contribution in [-0.2, 0) is 0 Å². The van der Waals surface area contributed by atoms with Crippen LogP contribution in [0.2, 0.25) is 0 Å². The molecule has 0 aliphatic carbocycles. The Kier molecular flexibility index (Phi) is 5.76. The molecule has 0 saturated heterocycles. The van der Waals surface area contributed by atoms with Gasteiger partial charge in [-0.05, 0) is 54.2 Å². The Hall–Kier alpha value is -2.34. The molecule has 0 heterocycles. The van der Waals surface area contributed by atoms with E-state index in [-0.39, 0.29) is 0 Å². The van der Waals surface area contributed by atoms with Crippen molar-refractivity contribution in [2.24, 2.45) is 0 Å². The summed E-state index contributed by atoms with van der Waals surface area (Å²) >= 11 is 0. The smallest absolute Gasteiger partial charge is 0.0181 e. The van der Waals surface area contributed by atoms with E-state index in [1.807, 2.05) is 13.8 Å². The molecule has 0 aliphatic heterocycles. The largest absolute Gasteiger partial charge is 0.0683 e. The van der Waals surface area contributed by atoms with Crippen LogP contribution < -0.4 is 0 Å². The Balaban J connectivity index is 0.000000924. The summed E-state index contributed by atoms with van der Waals surface area (Å²) in [5.74, 6) is 0. The molecule has 0 fully saturated rings. The first-order chi connectivity index (χ1) is 11.1. The van der Waals surface area contributed by atoms with E-state index in [2.05, 4.69) is 87.5 Å². The van der Waals surface area contributed by atoms with Crippen molar-refractivity contribution in [3.63, 3.8) is 0 Å². The topological polar surface area (TPSA) is 0 Å². The van der Waals surface area contributed by atoms with Crippen molar-refractivity contribution in [2.75, 3.05) is 0 Å². The molecule has 3 aromatic rings. The molecule has 0 amide bonds. The second-order valence-corrected chi connectivity index (χ2v) is 5.74.